The van der Waals surface area contributed by atoms with E-state index in [0.29, 0.717) is 11.7 Å². The first kappa shape index (κ1) is 19.2. The van der Waals surface area contributed by atoms with Crippen LogP contribution < -0.4 is 15.4 Å². The Labute approximate surface area is 156 Å². The van der Waals surface area contributed by atoms with Crippen molar-refractivity contribution in [3.63, 3.8) is 0 Å². The summed E-state index contributed by atoms with van der Waals surface area (Å²) in [6, 6.07) is 14.6. The first-order valence-electron chi connectivity index (χ1n) is 8.33. The molecule has 0 aliphatic heterocycles. The van der Waals surface area contributed by atoms with Crippen molar-refractivity contribution in [3.8, 4) is 5.75 Å². The summed E-state index contributed by atoms with van der Waals surface area (Å²) in [5, 5.41) is 7.21. The maximum absolute atomic E-state index is 5.50. The van der Waals surface area contributed by atoms with E-state index in [1.165, 1.54) is 11.1 Å². The number of hydrogen-bond donors (Lipinski definition) is 2. The molecule has 2 rings (SSSR count). The summed E-state index contributed by atoms with van der Waals surface area (Å²) >= 11 is 5.47. The topological polar surface area (TPSA) is 36.5 Å². The monoisotopic (exact) mass is 357 g/mol. The molecule has 2 aromatic rings. The van der Waals surface area contributed by atoms with Gasteiger partial charge in [0.2, 0.25) is 0 Å². The van der Waals surface area contributed by atoms with E-state index in [9.17, 15) is 0 Å². The van der Waals surface area contributed by atoms with Gasteiger partial charge in [-0.3, -0.25) is 0 Å². The van der Waals surface area contributed by atoms with Crippen LogP contribution in [0.2, 0.25) is 0 Å². The van der Waals surface area contributed by atoms with E-state index in [0.717, 1.165) is 17.0 Å². The molecule has 0 heterocycles. The molecule has 0 bridgehead atoms. The molecule has 0 aliphatic carbocycles. The first-order valence-corrected chi connectivity index (χ1v) is 8.74. The quantitative estimate of drug-likeness (QED) is 0.767. The van der Waals surface area contributed by atoms with E-state index in [2.05, 4.69) is 67.7 Å². The number of methoxy groups -OCH3 is 1. The molecule has 0 unspecified atom stereocenters. The van der Waals surface area contributed by atoms with Gasteiger partial charge in [0.15, 0.2) is 5.11 Å². The summed E-state index contributed by atoms with van der Waals surface area (Å²) in [7, 11) is 5.81. The predicted octanol–water partition coefficient (Wildman–Crippen LogP) is 3.90. The second kappa shape index (κ2) is 8.83. The lowest BCUT2D eigenvalue weighted by Gasteiger charge is -2.27. The van der Waals surface area contributed by atoms with Gasteiger partial charge in [-0.25, -0.2) is 0 Å². The van der Waals surface area contributed by atoms with Crippen molar-refractivity contribution in [1.82, 2.24) is 10.2 Å². The van der Waals surface area contributed by atoms with Crippen LogP contribution >= 0.6 is 12.2 Å². The van der Waals surface area contributed by atoms with Gasteiger partial charge in [-0.2, -0.15) is 0 Å². The summed E-state index contributed by atoms with van der Waals surface area (Å²) in [5.74, 6) is 0.885. The molecule has 25 heavy (non-hydrogen) atoms. The van der Waals surface area contributed by atoms with Crippen LogP contribution in [0.15, 0.2) is 42.5 Å². The molecule has 0 saturated carbocycles. The fourth-order valence-electron chi connectivity index (χ4n) is 2.92. The largest absolute Gasteiger partial charge is 0.496 e. The van der Waals surface area contributed by atoms with Crippen LogP contribution in [-0.2, 0) is 0 Å². The number of anilines is 1. The Morgan fingerprint density at radius 2 is 1.76 bits per heavy atom. The molecule has 1 atom stereocenters. The van der Waals surface area contributed by atoms with Gasteiger partial charge >= 0.3 is 0 Å². The van der Waals surface area contributed by atoms with Gasteiger partial charge in [0.1, 0.15) is 5.75 Å². The Balaban J connectivity index is 2.04. The number of ether oxygens (including phenoxy) is 1. The highest BCUT2D eigenvalue weighted by atomic mass is 32.1. The molecule has 0 spiro atoms. The standard InChI is InChI=1S/C20H27N3OS/c1-14-10-15(2)12-16(11-14)22-20(25)21-13-18(23(3)4)17-8-6-7-9-19(17)24-5/h6-12,18H,13H2,1-5H3,(H2,21,22,25)/t18-/m1/s1. The minimum atomic E-state index is 0.148. The van der Waals surface area contributed by atoms with Crippen LogP contribution in [-0.4, -0.2) is 37.8 Å². The van der Waals surface area contributed by atoms with Gasteiger partial charge in [0.05, 0.1) is 13.2 Å². The van der Waals surface area contributed by atoms with Crippen molar-refractivity contribution in [1.29, 1.82) is 0 Å². The second-order valence-corrected chi connectivity index (χ2v) is 6.84. The van der Waals surface area contributed by atoms with E-state index in [-0.39, 0.29) is 6.04 Å². The average Bonchev–Trinajstić information content (AvgIpc) is 2.54. The molecule has 5 heteroatoms. The summed E-state index contributed by atoms with van der Waals surface area (Å²) < 4.78 is 5.50. The van der Waals surface area contributed by atoms with Crippen molar-refractivity contribution in [2.24, 2.45) is 0 Å². The highest BCUT2D eigenvalue weighted by Crippen LogP contribution is 2.27. The molecular weight excluding hydrogens is 330 g/mol. The Kier molecular flexibility index (Phi) is 6.79. The number of thiocarbonyl (C=S) groups is 1. The lowest BCUT2D eigenvalue weighted by atomic mass is 10.0. The van der Waals surface area contributed by atoms with E-state index in [1.54, 1.807) is 7.11 Å². The van der Waals surface area contributed by atoms with Gasteiger partial charge in [0.25, 0.3) is 0 Å². The Hall–Kier alpha value is -2.11. The van der Waals surface area contributed by atoms with E-state index >= 15 is 0 Å². The first-order chi connectivity index (χ1) is 11.9. The highest BCUT2D eigenvalue weighted by molar-refractivity contribution is 7.80. The zero-order valence-corrected chi connectivity index (χ0v) is 16.4. The molecule has 4 nitrogen and oxygen atoms in total. The smallest absolute Gasteiger partial charge is 0.170 e. The lowest BCUT2D eigenvalue weighted by Crippen LogP contribution is -2.36. The summed E-state index contributed by atoms with van der Waals surface area (Å²) in [5.41, 5.74) is 4.57. The number of rotatable bonds is 6. The van der Waals surface area contributed by atoms with Crippen molar-refractivity contribution in [2.45, 2.75) is 19.9 Å². The molecule has 0 fully saturated rings. The van der Waals surface area contributed by atoms with Crippen LogP contribution in [0.4, 0.5) is 5.69 Å². The van der Waals surface area contributed by atoms with Crippen LogP contribution in [0.1, 0.15) is 22.7 Å². The Morgan fingerprint density at radius 1 is 1.12 bits per heavy atom. The molecule has 0 radical (unpaired) electrons. The van der Waals surface area contributed by atoms with Crippen LogP contribution in [0.25, 0.3) is 0 Å². The minimum absolute atomic E-state index is 0.148. The average molecular weight is 358 g/mol. The maximum atomic E-state index is 5.50. The van der Waals surface area contributed by atoms with Gasteiger partial charge in [0, 0.05) is 17.8 Å². The third-order valence-electron chi connectivity index (χ3n) is 4.06. The number of aryl methyl sites for hydroxylation is 2. The molecule has 0 aliphatic rings. The van der Waals surface area contributed by atoms with Crippen LogP contribution in [0.5, 0.6) is 5.75 Å². The Morgan fingerprint density at radius 3 is 2.36 bits per heavy atom. The van der Waals surface area contributed by atoms with Gasteiger partial charge in [-0.05, 0) is 69.5 Å². The van der Waals surface area contributed by atoms with Crippen molar-refractivity contribution in [2.75, 3.05) is 33.1 Å². The lowest BCUT2D eigenvalue weighted by molar-refractivity contribution is 0.288. The number of benzene rings is 2. The van der Waals surface area contributed by atoms with Crippen molar-refractivity contribution >= 4 is 23.0 Å². The normalized spacial score (nSPS) is 11.9. The molecule has 0 amide bonds. The number of para-hydroxylation sites is 1. The van der Waals surface area contributed by atoms with Crippen molar-refractivity contribution in [3.05, 3.63) is 59.2 Å². The van der Waals surface area contributed by atoms with Gasteiger partial charge < -0.3 is 20.3 Å². The number of hydrogen-bond acceptors (Lipinski definition) is 3. The van der Waals surface area contributed by atoms with Gasteiger partial charge in [-0.1, -0.05) is 24.3 Å². The molecule has 134 valence electrons. The fourth-order valence-corrected chi connectivity index (χ4v) is 3.13. The van der Waals surface area contributed by atoms with E-state index in [1.807, 2.05) is 18.2 Å². The SMILES string of the molecule is COc1ccccc1[C@@H](CNC(=S)Nc1cc(C)cc(C)c1)N(C)C. The fraction of sp³-hybridized carbons (Fsp3) is 0.350. The maximum Gasteiger partial charge on any atom is 0.170 e. The molecule has 0 aromatic heterocycles. The minimum Gasteiger partial charge on any atom is -0.496 e. The van der Waals surface area contributed by atoms with Crippen LogP contribution in [0, 0.1) is 13.8 Å². The summed E-state index contributed by atoms with van der Waals surface area (Å²) in [4.78, 5) is 2.16. The zero-order chi connectivity index (χ0) is 18.4. The molecule has 0 saturated heterocycles. The number of likely N-dealkylation sites (N-methyl/N-ethyl adjacent to an activating group) is 1. The van der Waals surface area contributed by atoms with Gasteiger partial charge in [-0.15, -0.1) is 0 Å². The number of nitrogens with one attached hydrogen (secondary N) is 2. The third-order valence-corrected chi connectivity index (χ3v) is 4.30. The summed E-state index contributed by atoms with van der Waals surface area (Å²) in [6.07, 6.45) is 0. The highest BCUT2D eigenvalue weighted by Gasteiger charge is 2.18. The molecular formula is C20H27N3OS. The molecule has 2 N–H and O–H groups in total. The molecule has 2 aromatic carbocycles. The van der Waals surface area contributed by atoms with Crippen molar-refractivity contribution < 1.29 is 4.74 Å². The van der Waals surface area contributed by atoms with E-state index < -0.39 is 0 Å². The third kappa shape index (κ3) is 5.44. The second-order valence-electron chi connectivity index (χ2n) is 6.43. The Bertz CT molecular complexity index is 710. The van der Waals surface area contributed by atoms with Crippen LogP contribution in [0.3, 0.4) is 0 Å². The zero-order valence-electron chi connectivity index (χ0n) is 15.6. The number of nitrogens with zero attached hydrogens (tertiary/aromatic N) is 1. The predicted molar refractivity (Wildman–Crippen MR) is 110 cm³/mol. The van der Waals surface area contributed by atoms with E-state index in [4.69, 9.17) is 17.0 Å². The summed E-state index contributed by atoms with van der Waals surface area (Å²) in [6.45, 7) is 4.85.